The molecule has 1 aromatic heterocycles. The van der Waals surface area contributed by atoms with Crippen LogP contribution in [0.3, 0.4) is 0 Å². The third-order valence-electron chi connectivity index (χ3n) is 4.65. The number of benzene rings is 1. The average Bonchev–Trinajstić information content (AvgIpc) is 3.03. The Morgan fingerprint density at radius 1 is 1.16 bits per heavy atom. The predicted octanol–water partition coefficient (Wildman–Crippen LogP) is 3.73. The first-order valence-corrected chi connectivity index (χ1v) is 8.99. The van der Waals surface area contributed by atoms with E-state index in [9.17, 15) is 4.79 Å². The molecule has 130 valence electrons. The van der Waals surface area contributed by atoms with Crippen LogP contribution in [0.15, 0.2) is 36.0 Å². The quantitative estimate of drug-likeness (QED) is 0.672. The highest BCUT2D eigenvalue weighted by molar-refractivity contribution is 7.80. The summed E-state index contributed by atoms with van der Waals surface area (Å²) in [6.45, 7) is 8.80. The number of nitrogens with zero attached hydrogens (tertiary/aromatic N) is 2. The van der Waals surface area contributed by atoms with Crippen LogP contribution in [-0.2, 0) is 11.2 Å². The van der Waals surface area contributed by atoms with E-state index in [0.717, 1.165) is 29.1 Å². The molecule has 0 spiro atoms. The molecule has 1 aromatic carbocycles. The van der Waals surface area contributed by atoms with Crippen LogP contribution in [0, 0.1) is 13.8 Å². The van der Waals surface area contributed by atoms with E-state index in [2.05, 4.69) is 61.0 Å². The first-order valence-electron chi connectivity index (χ1n) is 8.59. The first-order chi connectivity index (χ1) is 12.0. The van der Waals surface area contributed by atoms with E-state index in [1.807, 2.05) is 13.0 Å². The van der Waals surface area contributed by atoms with Crippen LogP contribution in [0.25, 0.3) is 11.8 Å². The summed E-state index contributed by atoms with van der Waals surface area (Å²) >= 11 is 5.22. The molecule has 0 radical (unpaired) electrons. The fourth-order valence-electron chi connectivity index (χ4n) is 3.23. The zero-order chi connectivity index (χ0) is 18.1. The van der Waals surface area contributed by atoms with Crippen molar-refractivity contribution in [3.05, 3.63) is 58.5 Å². The lowest BCUT2D eigenvalue weighted by Gasteiger charge is -2.10. The smallest absolute Gasteiger partial charge is 0.276 e. The number of nitrogens with one attached hydrogen (secondary N) is 1. The monoisotopic (exact) mass is 353 g/mol. The minimum Gasteiger partial charge on any atom is -0.328 e. The van der Waals surface area contributed by atoms with Gasteiger partial charge in [-0.05, 0) is 74.8 Å². The molecule has 2 aromatic rings. The third-order valence-corrected chi connectivity index (χ3v) is 4.97. The van der Waals surface area contributed by atoms with E-state index in [-0.39, 0.29) is 5.91 Å². The molecule has 1 saturated heterocycles. The standard InChI is InChI=1S/C20H23N3OS/c1-5-15-7-9-17(10-8-15)23-13(3)11-16(14(23)4)12-18-19(24)22(6-2)20(25)21-18/h7-12H,5-6H2,1-4H3,(H,21,25)/b18-12-. The Hall–Kier alpha value is -2.40. The highest BCUT2D eigenvalue weighted by atomic mass is 32.1. The van der Waals surface area contributed by atoms with E-state index >= 15 is 0 Å². The van der Waals surface area contributed by atoms with Crippen molar-refractivity contribution < 1.29 is 4.79 Å². The summed E-state index contributed by atoms with van der Waals surface area (Å²) in [5.74, 6) is -0.0652. The van der Waals surface area contributed by atoms with Crippen molar-refractivity contribution in [2.45, 2.75) is 34.1 Å². The highest BCUT2D eigenvalue weighted by Crippen LogP contribution is 2.24. The maximum atomic E-state index is 12.4. The number of carbonyl (C=O) groups is 1. The maximum absolute atomic E-state index is 12.4. The number of rotatable bonds is 4. The van der Waals surface area contributed by atoms with Crippen LogP contribution in [0.2, 0.25) is 0 Å². The van der Waals surface area contributed by atoms with Gasteiger partial charge in [0.2, 0.25) is 0 Å². The van der Waals surface area contributed by atoms with Crippen molar-refractivity contribution in [2.75, 3.05) is 6.54 Å². The van der Waals surface area contributed by atoms with Gasteiger partial charge in [-0.25, -0.2) is 0 Å². The van der Waals surface area contributed by atoms with Gasteiger partial charge in [-0.2, -0.15) is 0 Å². The predicted molar refractivity (Wildman–Crippen MR) is 106 cm³/mol. The number of amides is 1. The van der Waals surface area contributed by atoms with Crippen molar-refractivity contribution in [3.63, 3.8) is 0 Å². The molecule has 1 N–H and O–H groups in total. The molecule has 25 heavy (non-hydrogen) atoms. The van der Waals surface area contributed by atoms with Gasteiger partial charge in [0, 0.05) is 23.6 Å². The lowest BCUT2D eigenvalue weighted by Crippen LogP contribution is -2.30. The number of aryl methyl sites for hydroxylation is 2. The zero-order valence-corrected chi connectivity index (χ0v) is 15.9. The Kier molecular flexibility index (Phi) is 4.77. The Morgan fingerprint density at radius 2 is 1.84 bits per heavy atom. The van der Waals surface area contributed by atoms with Gasteiger partial charge in [0.15, 0.2) is 5.11 Å². The average molecular weight is 353 g/mol. The van der Waals surface area contributed by atoms with Crippen molar-refractivity contribution in [3.8, 4) is 5.69 Å². The Morgan fingerprint density at radius 3 is 2.40 bits per heavy atom. The SMILES string of the molecule is CCc1ccc(-n2c(C)cc(/C=C3\NC(=S)N(CC)C3=O)c2C)cc1. The van der Waals surface area contributed by atoms with Gasteiger partial charge in [0.05, 0.1) is 0 Å². The van der Waals surface area contributed by atoms with Crippen molar-refractivity contribution >= 4 is 29.3 Å². The molecule has 4 nitrogen and oxygen atoms in total. The molecular weight excluding hydrogens is 330 g/mol. The third kappa shape index (κ3) is 3.12. The number of thiocarbonyl (C=S) groups is 1. The first kappa shape index (κ1) is 17.4. The number of likely N-dealkylation sites (N-methyl/N-ethyl adjacent to an activating group) is 1. The molecule has 0 unspecified atom stereocenters. The van der Waals surface area contributed by atoms with Gasteiger partial charge >= 0.3 is 0 Å². The van der Waals surface area contributed by atoms with Gasteiger partial charge in [-0.3, -0.25) is 9.69 Å². The Labute approximate surface area is 154 Å². The van der Waals surface area contributed by atoms with Gasteiger partial charge in [0.1, 0.15) is 5.70 Å². The second-order valence-corrected chi connectivity index (χ2v) is 6.61. The maximum Gasteiger partial charge on any atom is 0.276 e. The van der Waals surface area contributed by atoms with Crippen LogP contribution in [0.5, 0.6) is 0 Å². The second kappa shape index (κ2) is 6.84. The molecule has 1 aliphatic rings. The molecule has 0 saturated carbocycles. The number of aromatic nitrogens is 1. The van der Waals surface area contributed by atoms with Crippen molar-refractivity contribution in [1.82, 2.24) is 14.8 Å². The van der Waals surface area contributed by atoms with Gasteiger partial charge in [-0.1, -0.05) is 19.1 Å². The molecule has 0 bridgehead atoms. The van der Waals surface area contributed by atoms with E-state index < -0.39 is 0 Å². The summed E-state index contributed by atoms with van der Waals surface area (Å²) in [5, 5.41) is 3.50. The summed E-state index contributed by atoms with van der Waals surface area (Å²) < 4.78 is 2.21. The fraction of sp³-hybridized carbons (Fsp3) is 0.300. The summed E-state index contributed by atoms with van der Waals surface area (Å²) in [7, 11) is 0. The van der Waals surface area contributed by atoms with Crippen LogP contribution >= 0.6 is 12.2 Å². The lowest BCUT2D eigenvalue weighted by molar-refractivity contribution is -0.122. The normalized spacial score (nSPS) is 16.0. The van der Waals surface area contributed by atoms with Gasteiger partial charge < -0.3 is 9.88 Å². The molecule has 0 aliphatic carbocycles. The summed E-state index contributed by atoms with van der Waals surface area (Å²) in [4.78, 5) is 14.0. The van der Waals surface area contributed by atoms with E-state index in [1.54, 1.807) is 4.90 Å². The molecule has 1 amide bonds. The van der Waals surface area contributed by atoms with E-state index in [4.69, 9.17) is 12.2 Å². The Bertz CT molecular complexity index is 862. The van der Waals surface area contributed by atoms with Crippen LogP contribution in [-0.4, -0.2) is 27.0 Å². The van der Waals surface area contributed by atoms with Gasteiger partial charge in [-0.15, -0.1) is 0 Å². The zero-order valence-electron chi connectivity index (χ0n) is 15.1. The topological polar surface area (TPSA) is 37.3 Å². The lowest BCUT2D eigenvalue weighted by atomic mass is 10.1. The van der Waals surface area contributed by atoms with Crippen molar-refractivity contribution in [2.24, 2.45) is 0 Å². The molecule has 5 heteroatoms. The summed E-state index contributed by atoms with van der Waals surface area (Å²) in [6, 6.07) is 10.7. The van der Waals surface area contributed by atoms with Crippen LogP contribution < -0.4 is 5.32 Å². The molecule has 1 aliphatic heterocycles. The fourth-order valence-corrected chi connectivity index (χ4v) is 3.55. The minimum absolute atomic E-state index is 0.0652. The summed E-state index contributed by atoms with van der Waals surface area (Å²) in [5.41, 5.74) is 6.25. The van der Waals surface area contributed by atoms with E-state index in [1.165, 1.54) is 5.56 Å². The highest BCUT2D eigenvalue weighted by Gasteiger charge is 2.29. The number of carbonyl (C=O) groups excluding carboxylic acids is 1. The Balaban J connectivity index is 1.99. The molecular formula is C20H23N3OS. The number of hydrogen-bond donors (Lipinski definition) is 1. The molecule has 1 fully saturated rings. The number of hydrogen-bond acceptors (Lipinski definition) is 2. The minimum atomic E-state index is -0.0652. The molecule has 2 heterocycles. The van der Waals surface area contributed by atoms with Gasteiger partial charge in [0.25, 0.3) is 5.91 Å². The summed E-state index contributed by atoms with van der Waals surface area (Å²) in [6.07, 6.45) is 2.92. The van der Waals surface area contributed by atoms with Crippen LogP contribution in [0.4, 0.5) is 0 Å². The van der Waals surface area contributed by atoms with Crippen molar-refractivity contribution in [1.29, 1.82) is 0 Å². The van der Waals surface area contributed by atoms with Crippen LogP contribution in [0.1, 0.15) is 36.4 Å². The molecule has 0 atom stereocenters. The second-order valence-electron chi connectivity index (χ2n) is 6.22. The largest absolute Gasteiger partial charge is 0.328 e. The van der Waals surface area contributed by atoms with E-state index in [0.29, 0.717) is 17.4 Å². The molecule has 3 rings (SSSR count).